The molecule has 0 saturated carbocycles. The number of nitrogens with zero attached hydrogens (tertiary/aromatic N) is 2. The molecule has 0 aromatic heterocycles. The summed E-state index contributed by atoms with van der Waals surface area (Å²) in [5.41, 5.74) is 1.33. The lowest BCUT2D eigenvalue weighted by atomic mass is 10.1. The van der Waals surface area contributed by atoms with Gasteiger partial charge in [-0.15, -0.1) is 0 Å². The topological polar surface area (TPSA) is 64.3 Å². The average Bonchev–Trinajstić information content (AvgIpc) is 2.37. The van der Waals surface area contributed by atoms with Crippen LogP contribution in [0.2, 0.25) is 0 Å². The fraction of sp³-hybridized carbons (Fsp3) is 0.500. The monoisotopic (exact) mass is 274 g/mol. The molecule has 0 spiro atoms. The summed E-state index contributed by atoms with van der Waals surface area (Å²) in [6.45, 7) is 7.81. The molecule has 0 fully saturated rings. The van der Waals surface area contributed by atoms with E-state index in [0.29, 0.717) is 31.0 Å². The zero-order valence-corrected chi connectivity index (χ0v) is 12.4. The summed E-state index contributed by atoms with van der Waals surface area (Å²) in [5, 5.41) is 18.6. The normalized spacial score (nSPS) is 10.8. The number of rotatable bonds is 7. The maximum Gasteiger partial charge on any atom is 0.159 e. The highest BCUT2D eigenvalue weighted by Crippen LogP contribution is 2.21. The molecule has 0 aliphatic heterocycles. The van der Waals surface area contributed by atoms with Crippen LogP contribution in [-0.2, 0) is 6.54 Å². The van der Waals surface area contributed by atoms with E-state index in [2.05, 4.69) is 24.8 Å². The van der Waals surface area contributed by atoms with Gasteiger partial charge in [-0.2, -0.15) is 5.26 Å². The number of benzene rings is 1. The summed E-state index contributed by atoms with van der Waals surface area (Å²) in [6.07, 6.45) is 0.458. The molecule has 0 radical (unpaired) electrons. The largest absolute Gasteiger partial charge is 0.508 e. The van der Waals surface area contributed by atoms with Crippen molar-refractivity contribution in [3.05, 3.63) is 29.3 Å². The maximum absolute atomic E-state index is 11.4. The molecule has 0 unspecified atom stereocenters. The van der Waals surface area contributed by atoms with Crippen molar-refractivity contribution in [1.82, 2.24) is 4.90 Å². The Morgan fingerprint density at radius 1 is 1.45 bits per heavy atom. The molecular formula is C16H22N2O2. The van der Waals surface area contributed by atoms with Crippen LogP contribution < -0.4 is 0 Å². The molecule has 0 saturated heterocycles. The van der Waals surface area contributed by atoms with Crippen molar-refractivity contribution >= 4 is 5.78 Å². The second-order valence-electron chi connectivity index (χ2n) is 5.44. The van der Waals surface area contributed by atoms with Gasteiger partial charge in [-0.05, 0) is 31.0 Å². The number of aromatic hydroxyl groups is 1. The second-order valence-corrected chi connectivity index (χ2v) is 5.44. The molecule has 20 heavy (non-hydrogen) atoms. The lowest BCUT2D eigenvalue weighted by Gasteiger charge is -2.23. The smallest absolute Gasteiger partial charge is 0.159 e. The Kier molecular flexibility index (Phi) is 6.20. The van der Waals surface area contributed by atoms with E-state index in [1.807, 2.05) is 0 Å². The molecule has 4 nitrogen and oxygen atoms in total. The van der Waals surface area contributed by atoms with Crippen molar-refractivity contribution in [3.8, 4) is 11.8 Å². The summed E-state index contributed by atoms with van der Waals surface area (Å²) in [4.78, 5) is 13.5. The van der Waals surface area contributed by atoms with Crippen molar-refractivity contribution in [1.29, 1.82) is 5.26 Å². The highest BCUT2D eigenvalue weighted by Gasteiger charge is 2.12. The molecule has 1 aromatic carbocycles. The molecule has 0 heterocycles. The lowest BCUT2D eigenvalue weighted by molar-refractivity contribution is 0.101. The number of nitriles is 1. The third-order valence-electron chi connectivity index (χ3n) is 3.04. The summed E-state index contributed by atoms with van der Waals surface area (Å²) in [5.74, 6) is 0.659. The van der Waals surface area contributed by atoms with Gasteiger partial charge in [0.1, 0.15) is 5.75 Å². The van der Waals surface area contributed by atoms with E-state index in [1.165, 1.54) is 6.92 Å². The Labute approximate surface area is 120 Å². The molecule has 0 aliphatic carbocycles. The Morgan fingerprint density at radius 3 is 2.70 bits per heavy atom. The highest BCUT2D eigenvalue weighted by atomic mass is 16.3. The Bertz CT molecular complexity index is 504. The average molecular weight is 274 g/mol. The minimum absolute atomic E-state index is 0.0151. The number of carbonyl (C=O) groups is 1. The van der Waals surface area contributed by atoms with Crippen LogP contribution in [0, 0.1) is 17.2 Å². The van der Waals surface area contributed by atoms with E-state index < -0.39 is 0 Å². The van der Waals surface area contributed by atoms with Gasteiger partial charge in [-0.25, -0.2) is 0 Å². The summed E-state index contributed by atoms with van der Waals surface area (Å²) in [7, 11) is 0. The standard InChI is InChI=1S/C16H22N2O2/c1-12(2)10-18(8-4-7-17)11-15-9-14(13(3)19)5-6-16(15)20/h5-6,9,12,20H,4,8,10-11H2,1-3H3. The number of hydrogen-bond donors (Lipinski definition) is 1. The summed E-state index contributed by atoms with van der Waals surface area (Å²) < 4.78 is 0. The van der Waals surface area contributed by atoms with Crippen molar-refractivity contribution < 1.29 is 9.90 Å². The molecule has 108 valence electrons. The summed E-state index contributed by atoms with van der Waals surface area (Å²) >= 11 is 0. The first-order chi connectivity index (χ1) is 9.43. The summed E-state index contributed by atoms with van der Waals surface area (Å²) in [6, 6.07) is 7.06. The third-order valence-corrected chi connectivity index (χ3v) is 3.04. The number of phenols is 1. The molecule has 1 rings (SSSR count). The van der Waals surface area contributed by atoms with E-state index in [4.69, 9.17) is 5.26 Å². The van der Waals surface area contributed by atoms with Crippen LogP contribution in [0.15, 0.2) is 18.2 Å². The van der Waals surface area contributed by atoms with Crippen molar-refractivity contribution in [2.75, 3.05) is 13.1 Å². The van der Waals surface area contributed by atoms with Crippen LogP contribution in [-0.4, -0.2) is 28.9 Å². The predicted octanol–water partition coefficient (Wildman–Crippen LogP) is 2.97. The maximum atomic E-state index is 11.4. The second kappa shape index (κ2) is 7.66. The van der Waals surface area contributed by atoms with E-state index in [-0.39, 0.29) is 11.5 Å². The van der Waals surface area contributed by atoms with E-state index in [9.17, 15) is 9.90 Å². The van der Waals surface area contributed by atoms with Crippen LogP contribution in [0.5, 0.6) is 5.75 Å². The number of hydrogen-bond acceptors (Lipinski definition) is 4. The van der Waals surface area contributed by atoms with Gasteiger partial charge < -0.3 is 5.11 Å². The molecular weight excluding hydrogens is 252 g/mol. The Balaban J connectivity index is 2.88. The number of phenolic OH excluding ortho intramolecular Hbond substituents is 1. The van der Waals surface area contributed by atoms with Crippen molar-refractivity contribution in [2.24, 2.45) is 5.92 Å². The quantitative estimate of drug-likeness (QED) is 0.776. The molecule has 4 heteroatoms. The van der Waals surface area contributed by atoms with E-state index in [0.717, 1.165) is 12.1 Å². The van der Waals surface area contributed by atoms with Crippen molar-refractivity contribution in [2.45, 2.75) is 33.7 Å². The number of Topliss-reactive ketones (excluding diaryl/α,β-unsaturated/α-hetero) is 1. The lowest BCUT2D eigenvalue weighted by Crippen LogP contribution is -2.28. The highest BCUT2D eigenvalue weighted by molar-refractivity contribution is 5.94. The van der Waals surface area contributed by atoms with Crippen molar-refractivity contribution in [3.63, 3.8) is 0 Å². The fourth-order valence-corrected chi connectivity index (χ4v) is 2.13. The molecule has 1 aromatic rings. The van der Waals surface area contributed by atoms with Gasteiger partial charge in [0, 0.05) is 37.2 Å². The fourth-order valence-electron chi connectivity index (χ4n) is 2.13. The molecule has 0 aliphatic rings. The SMILES string of the molecule is CC(=O)c1ccc(O)c(CN(CCC#N)CC(C)C)c1. The van der Waals surface area contributed by atoms with Crippen LogP contribution in [0.3, 0.4) is 0 Å². The number of carbonyl (C=O) groups excluding carboxylic acids is 1. The van der Waals surface area contributed by atoms with Gasteiger partial charge in [0.25, 0.3) is 0 Å². The zero-order chi connectivity index (χ0) is 15.1. The van der Waals surface area contributed by atoms with Gasteiger partial charge in [-0.1, -0.05) is 13.8 Å². The van der Waals surface area contributed by atoms with Gasteiger partial charge in [0.15, 0.2) is 5.78 Å². The molecule has 0 amide bonds. The zero-order valence-electron chi connectivity index (χ0n) is 12.4. The Morgan fingerprint density at radius 2 is 2.15 bits per heavy atom. The Hall–Kier alpha value is -1.86. The first-order valence-corrected chi connectivity index (χ1v) is 6.86. The van der Waals surface area contributed by atoms with Gasteiger partial charge in [0.2, 0.25) is 0 Å². The van der Waals surface area contributed by atoms with Gasteiger partial charge >= 0.3 is 0 Å². The van der Waals surface area contributed by atoms with Gasteiger partial charge in [-0.3, -0.25) is 9.69 Å². The predicted molar refractivity (Wildman–Crippen MR) is 78.5 cm³/mol. The van der Waals surface area contributed by atoms with Crippen LogP contribution in [0.1, 0.15) is 43.1 Å². The van der Waals surface area contributed by atoms with Crippen LogP contribution in [0.25, 0.3) is 0 Å². The van der Waals surface area contributed by atoms with Crippen LogP contribution >= 0.6 is 0 Å². The molecule has 0 atom stereocenters. The molecule has 0 bridgehead atoms. The number of ketones is 1. The van der Waals surface area contributed by atoms with Gasteiger partial charge in [0.05, 0.1) is 6.07 Å². The first kappa shape index (κ1) is 16.2. The van der Waals surface area contributed by atoms with Crippen LogP contribution in [0.4, 0.5) is 0 Å². The minimum atomic E-state index is -0.0151. The third kappa shape index (κ3) is 5.02. The van der Waals surface area contributed by atoms with E-state index >= 15 is 0 Å². The minimum Gasteiger partial charge on any atom is -0.508 e. The first-order valence-electron chi connectivity index (χ1n) is 6.86. The van der Waals surface area contributed by atoms with E-state index in [1.54, 1.807) is 18.2 Å². The molecule has 1 N–H and O–H groups in total.